The van der Waals surface area contributed by atoms with Gasteiger partial charge in [0.1, 0.15) is 0 Å². The van der Waals surface area contributed by atoms with Gasteiger partial charge in [-0.15, -0.1) is 0 Å². The van der Waals surface area contributed by atoms with Crippen LogP contribution in [0.4, 0.5) is 0 Å². The minimum absolute atomic E-state index is 0.725. The Morgan fingerprint density at radius 3 is 2.71 bits per heavy atom. The lowest BCUT2D eigenvalue weighted by Gasteiger charge is -2.11. The third-order valence-electron chi connectivity index (χ3n) is 3.54. The second-order valence-corrected chi connectivity index (χ2v) is 5.50. The van der Waals surface area contributed by atoms with E-state index < -0.39 is 0 Å². The molecule has 0 atom stereocenters. The zero-order chi connectivity index (χ0) is 14.8. The highest BCUT2D eigenvalue weighted by atomic mass is 16.1. The maximum Gasteiger partial charge on any atom is 0.152 e. The summed E-state index contributed by atoms with van der Waals surface area (Å²) in [4.78, 5) is 13.5. The van der Waals surface area contributed by atoms with Crippen LogP contribution in [0, 0.1) is 0 Å². The Hall–Kier alpha value is -2.39. The third kappa shape index (κ3) is 2.60. The molecule has 2 aromatic heterocycles. The summed E-state index contributed by atoms with van der Waals surface area (Å²) in [7, 11) is 4.10. The van der Waals surface area contributed by atoms with Gasteiger partial charge in [-0.3, -0.25) is 4.79 Å². The Labute approximate surface area is 124 Å². The number of pyridine rings is 1. The zero-order valence-corrected chi connectivity index (χ0v) is 12.3. The number of hydrogen-bond acceptors (Lipinski definition) is 2. The van der Waals surface area contributed by atoms with E-state index in [2.05, 4.69) is 41.6 Å². The first-order chi connectivity index (χ1) is 10.2. The number of carbonyl (C=O) groups is 1. The van der Waals surface area contributed by atoms with Crippen LogP contribution in [-0.4, -0.2) is 29.7 Å². The summed E-state index contributed by atoms with van der Waals surface area (Å²) in [5.41, 5.74) is 5.03. The van der Waals surface area contributed by atoms with Crippen molar-refractivity contribution in [1.82, 2.24) is 9.30 Å². The van der Waals surface area contributed by atoms with Crippen molar-refractivity contribution in [3.8, 4) is 11.3 Å². The molecule has 3 rings (SSSR count). The van der Waals surface area contributed by atoms with Crippen LogP contribution in [0.25, 0.3) is 16.8 Å². The molecule has 0 spiro atoms. The Kier molecular flexibility index (Phi) is 3.59. The van der Waals surface area contributed by atoms with Crippen molar-refractivity contribution < 1.29 is 4.79 Å². The van der Waals surface area contributed by atoms with Gasteiger partial charge in [-0.2, -0.15) is 0 Å². The molecule has 1 aromatic carbocycles. The fourth-order valence-electron chi connectivity index (χ4n) is 2.72. The van der Waals surface area contributed by atoms with E-state index in [1.54, 1.807) is 0 Å². The van der Waals surface area contributed by atoms with Gasteiger partial charge >= 0.3 is 0 Å². The smallest absolute Gasteiger partial charge is 0.152 e. The molecule has 0 N–H and O–H groups in total. The molecule has 0 bridgehead atoms. The molecule has 0 unspecified atom stereocenters. The lowest BCUT2D eigenvalue weighted by molar-refractivity contribution is 0.112. The van der Waals surface area contributed by atoms with Crippen LogP contribution in [0.15, 0.2) is 54.7 Å². The van der Waals surface area contributed by atoms with Gasteiger partial charge in [0.05, 0.1) is 5.69 Å². The number of fused-ring (bicyclic) bond motifs is 1. The number of carbonyl (C=O) groups excluding carboxylic acids is 1. The van der Waals surface area contributed by atoms with Gasteiger partial charge in [0, 0.05) is 23.8 Å². The highest BCUT2D eigenvalue weighted by molar-refractivity contribution is 5.90. The van der Waals surface area contributed by atoms with Crippen molar-refractivity contribution in [1.29, 1.82) is 0 Å². The summed E-state index contributed by atoms with van der Waals surface area (Å²) in [6.07, 6.45) is 2.93. The second-order valence-electron chi connectivity index (χ2n) is 5.50. The molecule has 0 aliphatic heterocycles. The quantitative estimate of drug-likeness (QED) is 0.682. The molecule has 21 heavy (non-hydrogen) atoms. The molecule has 0 amide bonds. The van der Waals surface area contributed by atoms with E-state index in [0.717, 1.165) is 35.2 Å². The molecule has 0 radical (unpaired) electrons. The minimum Gasteiger partial charge on any atom is -0.316 e. The molecular weight excluding hydrogens is 260 g/mol. The number of benzene rings is 1. The fourth-order valence-corrected chi connectivity index (χ4v) is 2.72. The molecule has 2 heterocycles. The van der Waals surface area contributed by atoms with E-state index in [1.165, 1.54) is 5.56 Å². The molecule has 3 heteroatoms. The Bertz CT molecular complexity index is 787. The monoisotopic (exact) mass is 278 g/mol. The first-order valence-corrected chi connectivity index (χ1v) is 6.98. The molecule has 3 aromatic rings. The van der Waals surface area contributed by atoms with E-state index in [0.29, 0.717) is 0 Å². The summed E-state index contributed by atoms with van der Waals surface area (Å²) in [5, 5.41) is 0. The topological polar surface area (TPSA) is 24.7 Å². The largest absolute Gasteiger partial charge is 0.316 e. The van der Waals surface area contributed by atoms with Gasteiger partial charge in [-0.05, 0) is 49.5 Å². The van der Waals surface area contributed by atoms with Crippen LogP contribution in [0.2, 0.25) is 0 Å². The fraction of sp³-hybridized carbons (Fsp3) is 0.167. The van der Waals surface area contributed by atoms with Gasteiger partial charge in [-0.25, -0.2) is 0 Å². The normalized spacial score (nSPS) is 11.2. The molecule has 0 saturated carbocycles. The Morgan fingerprint density at radius 2 is 1.95 bits per heavy atom. The number of rotatable bonds is 4. The molecule has 3 nitrogen and oxygen atoms in total. The van der Waals surface area contributed by atoms with E-state index in [4.69, 9.17) is 0 Å². The lowest BCUT2D eigenvalue weighted by atomic mass is 10.1. The standard InChI is InChI=1S/C18H18N2O/c1-19(2)12-14-6-5-7-15(10-14)18-16(13-21)11-17-8-3-4-9-20(17)18/h3-11,13H,12H2,1-2H3. The molecule has 0 aliphatic rings. The van der Waals surface area contributed by atoms with Gasteiger partial charge in [-0.1, -0.05) is 24.3 Å². The van der Waals surface area contributed by atoms with Crippen molar-refractivity contribution in [2.24, 2.45) is 0 Å². The van der Waals surface area contributed by atoms with Crippen LogP contribution in [0.5, 0.6) is 0 Å². The van der Waals surface area contributed by atoms with Crippen molar-refractivity contribution >= 4 is 11.8 Å². The maximum atomic E-state index is 11.4. The van der Waals surface area contributed by atoms with Crippen molar-refractivity contribution in [2.75, 3.05) is 14.1 Å². The van der Waals surface area contributed by atoms with Crippen molar-refractivity contribution in [3.63, 3.8) is 0 Å². The van der Waals surface area contributed by atoms with Crippen LogP contribution < -0.4 is 0 Å². The van der Waals surface area contributed by atoms with E-state index in [1.807, 2.05) is 36.5 Å². The van der Waals surface area contributed by atoms with Gasteiger partial charge in [0.25, 0.3) is 0 Å². The number of aldehydes is 1. The molecular formula is C18H18N2O. The number of aromatic nitrogens is 1. The van der Waals surface area contributed by atoms with Gasteiger partial charge in [0.2, 0.25) is 0 Å². The van der Waals surface area contributed by atoms with Crippen molar-refractivity contribution in [3.05, 3.63) is 65.9 Å². The Morgan fingerprint density at radius 1 is 1.10 bits per heavy atom. The summed E-state index contributed by atoms with van der Waals surface area (Å²) >= 11 is 0. The summed E-state index contributed by atoms with van der Waals surface area (Å²) < 4.78 is 2.07. The molecule has 106 valence electrons. The first-order valence-electron chi connectivity index (χ1n) is 6.98. The van der Waals surface area contributed by atoms with Gasteiger partial charge in [0.15, 0.2) is 6.29 Å². The van der Waals surface area contributed by atoms with E-state index in [-0.39, 0.29) is 0 Å². The predicted octanol–water partition coefficient (Wildman–Crippen LogP) is 3.48. The Balaban J connectivity index is 2.17. The minimum atomic E-state index is 0.725. The average Bonchev–Trinajstić information content (AvgIpc) is 2.85. The van der Waals surface area contributed by atoms with Gasteiger partial charge < -0.3 is 9.30 Å². The third-order valence-corrected chi connectivity index (χ3v) is 3.54. The first kappa shape index (κ1) is 13.6. The summed E-state index contributed by atoms with van der Waals surface area (Å²) in [6.45, 7) is 0.883. The zero-order valence-electron chi connectivity index (χ0n) is 12.3. The second kappa shape index (κ2) is 5.54. The van der Waals surface area contributed by atoms with Crippen LogP contribution in [-0.2, 0) is 6.54 Å². The van der Waals surface area contributed by atoms with Crippen LogP contribution in [0.3, 0.4) is 0 Å². The molecule has 0 aliphatic carbocycles. The van der Waals surface area contributed by atoms with E-state index in [9.17, 15) is 4.79 Å². The number of hydrogen-bond donors (Lipinski definition) is 0. The highest BCUT2D eigenvalue weighted by Crippen LogP contribution is 2.27. The average molecular weight is 278 g/mol. The summed E-state index contributed by atoms with van der Waals surface area (Å²) in [5.74, 6) is 0. The molecule has 0 saturated heterocycles. The predicted molar refractivity (Wildman–Crippen MR) is 85.6 cm³/mol. The lowest BCUT2D eigenvalue weighted by Crippen LogP contribution is -2.10. The SMILES string of the molecule is CN(C)Cc1cccc(-c2c(C=O)cc3ccccn23)c1. The van der Waals surface area contributed by atoms with E-state index >= 15 is 0 Å². The highest BCUT2D eigenvalue weighted by Gasteiger charge is 2.11. The molecule has 0 fully saturated rings. The summed E-state index contributed by atoms with van der Waals surface area (Å²) in [6, 6.07) is 16.3. The van der Waals surface area contributed by atoms with Crippen LogP contribution >= 0.6 is 0 Å². The van der Waals surface area contributed by atoms with Crippen molar-refractivity contribution in [2.45, 2.75) is 6.54 Å². The number of nitrogens with zero attached hydrogens (tertiary/aromatic N) is 2. The maximum absolute atomic E-state index is 11.4. The van der Waals surface area contributed by atoms with Crippen LogP contribution in [0.1, 0.15) is 15.9 Å².